The summed E-state index contributed by atoms with van der Waals surface area (Å²) in [7, 11) is 0. The van der Waals surface area contributed by atoms with Crippen molar-refractivity contribution in [1.29, 1.82) is 0 Å². The van der Waals surface area contributed by atoms with E-state index in [1.54, 1.807) is 92.6 Å². The maximum atomic E-state index is 13.9. The summed E-state index contributed by atoms with van der Waals surface area (Å²) in [5.41, 5.74) is -7.81. The smallest absolute Gasteiger partial charge is 0.347 e. The second-order valence-electron chi connectivity index (χ2n) is 12.3. The predicted molar refractivity (Wildman–Crippen MR) is 132 cm³/mol. The highest BCUT2D eigenvalue weighted by atomic mass is 16.6. The molecule has 9 heteroatoms. The number of esters is 3. The van der Waals surface area contributed by atoms with Crippen molar-refractivity contribution in [3.05, 3.63) is 35.9 Å². The van der Waals surface area contributed by atoms with Crippen LogP contribution in [0.25, 0.3) is 0 Å². The zero-order valence-corrected chi connectivity index (χ0v) is 22.9. The van der Waals surface area contributed by atoms with Gasteiger partial charge in [-0.25, -0.2) is 14.4 Å². The van der Waals surface area contributed by atoms with Crippen molar-refractivity contribution >= 4 is 23.8 Å². The summed E-state index contributed by atoms with van der Waals surface area (Å²) < 4.78 is 16.8. The predicted octanol–water partition coefficient (Wildman–Crippen LogP) is 3.47. The number of aliphatic hydroxyl groups is 1. The SMILES string of the molecule is CC(C)(C)OC(=O)C(c1ccccc1)N1C(=O)CC(C)(O)C1(C(=O)OC(C)(C)C)C(=O)OC(C)(C)C. The average molecular weight is 506 g/mol. The van der Waals surface area contributed by atoms with Crippen molar-refractivity contribution < 1.29 is 38.5 Å². The van der Waals surface area contributed by atoms with Gasteiger partial charge in [0.1, 0.15) is 22.4 Å². The maximum Gasteiger partial charge on any atom is 0.347 e. The average Bonchev–Trinajstić information content (AvgIpc) is 2.84. The number of ether oxygens (including phenoxy) is 3. The fourth-order valence-corrected chi connectivity index (χ4v) is 4.10. The largest absolute Gasteiger partial charge is 0.458 e. The lowest BCUT2D eigenvalue weighted by Crippen LogP contribution is -2.70. The summed E-state index contributed by atoms with van der Waals surface area (Å²) in [5, 5.41) is 11.6. The first kappa shape index (κ1) is 29.3. The van der Waals surface area contributed by atoms with E-state index in [0.717, 1.165) is 4.90 Å². The molecule has 1 aromatic rings. The van der Waals surface area contributed by atoms with E-state index in [-0.39, 0.29) is 5.56 Å². The molecule has 1 heterocycles. The third kappa shape index (κ3) is 6.06. The highest BCUT2D eigenvalue weighted by molar-refractivity contribution is 6.13. The molecule has 1 aliphatic heterocycles. The van der Waals surface area contributed by atoms with E-state index >= 15 is 0 Å². The lowest BCUT2D eigenvalue weighted by atomic mass is 9.80. The van der Waals surface area contributed by atoms with E-state index in [2.05, 4.69) is 0 Å². The lowest BCUT2D eigenvalue weighted by Gasteiger charge is -2.45. The molecular formula is C27H39NO8. The zero-order chi connectivity index (χ0) is 27.9. The molecule has 200 valence electrons. The molecule has 2 atom stereocenters. The van der Waals surface area contributed by atoms with Crippen LogP contribution in [0, 0.1) is 0 Å². The van der Waals surface area contributed by atoms with E-state index in [0.29, 0.717) is 0 Å². The van der Waals surface area contributed by atoms with Crippen LogP contribution in [0.2, 0.25) is 0 Å². The Morgan fingerprint density at radius 1 is 0.833 bits per heavy atom. The molecule has 1 aromatic carbocycles. The van der Waals surface area contributed by atoms with Crippen molar-refractivity contribution in [2.45, 2.75) is 110 Å². The minimum atomic E-state index is -2.69. The van der Waals surface area contributed by atoms with Gasteiger partial charge in [0.25, 0.3) is 5.54 Å². The van der Waals surface area contributed by atoms with E-state index in [1.807, 2.05) is 0 Å². The van der Waals surface area contributed by atoms with Gasteiger partial charge in [-0.15, -0.1) is 0 Å². The second-order valence-corrected chi connectivity index (χ2v) is 12.3. The van der Waals surface area contributed by atoms with Crippen LogP contribution in [-0.4, -0.2) is 61.8 Å². The van der Waals surface area contributed by atoms with Crippen LogP contribution in [0.1, 0.15) is 87.3 Å². The minimum Gasteiger partial charge on any atom is -0.458 e. The number of hydrogen-bond acceptors (Lipinski definition) is 8. The second kappa shape index (κ2) is 9.50. The van der Waals surface area contributed by atoms with Crippen LogP contribution in [0.4, 0.5) is 0 Å². The Bertz CT molecular complexity index is 981. The summed E-state index contributed by atoms with van der Waals surface area (Å²) in [5.74, 6) is -4.10. The van der Waals surface area contributed by atoms with Gasteiger partial charge in [0.2, 0.25) is 5.91 Å². The van der Waals surface area contributed by atoms with Gasteiger partial charge in [-0.2, -0.15) is 0 Å². The Hall–Kier alpha value is -2.94. The van der Waals surface area contributed by atoms with E-state index in [4.69, 9.17) is 14.2 Å². The number of rotatable bonds is 5. The van der Waals surface area contributed by atoms with Crippen LogP contribution in [0.15, 0.2) is 30.3 Å². The zero-order valence-electron chi connectivity index (χ0n) is 22.9. The van der Waals surface area contributed by atoms with Gasteiger partial charge in [0.05, 0.1) is 6.42 Å². The van der Waals surface area contributed by atoms with Crippen molar-refractivity contribution in [3.63, 3.8) is 0 Å². The summed E-state index contributed by atoms with van der Waals surface area (Å²) in [6.45, 7) is 15.7. The molecule has 1 fully saturated rings. The molecule has 36 heavy (non-hydrogen) atoms. The fourth-order valence-electron chi connectivity index (χ4n) is 4.10. The molecule has 2 unspecified atom stereocenters. The van der Waals surface area contributed by atoms with Gasteiger partial charge in [-0.3, -0.25) is 9.69 Å². The van der Waals surface area contributed by atoms with Gasteiger partial charge in [0.15, 0.2) is 6.04 Å². The minimum absolute atomic E-state index is 0.286. The monoisotopic (exact) mass is 505 g/mol. The molecule has 9 nitrogen and oxygen atoms in total. The number of likely N-dealkylation sites (tertiary alicyclic amines) is 1. The molecule has 1 aliphatic rings. The Kier molecular flexibility index (Phi) is 7.73. The van der Waals surface area contributed by atoms with Crippen LogP contribution >= 0.6 is 0 Å². The van der Waals surface area contributed by atoms with E-state index in [9.17, 15) is 24.3 Å². The summed E-state index contributed by atoms with van der Waals surface area (Å²) in [6, 6.07) is 6.61. The Labute approximate surface area is 213 Å². The summed E-state index contributed by atoms with van der Waals surface area (Å²) in [4.78, 5) is 55.8. The molecular weight excluding hydrogens is 466 g/mol. The third-order valence-corrected chi connectivity index (χ3v) is 5.30. The first-order valence-electron chi connectivity index (χ1n) is 11.9. The van der Waals surface area contributed by atoms with Crippen molar-refractivity contribution in [3.8, 4) is 0 Å². The number of nitrogens with zero attached hydrogens (tertiary/aromatic N) is 1. The molecule has 0 saturated carbocycles. The van der Waals surface area contributed by atoms with Gasteiger partial charge in [-0.05, 0) is 74.8 Å². The van der Waals surface area contributed by atoms with Gasteiger partial charge in [0, 0.05) is 0 Å². The van der Waals surface area contributed by atoms with Gasteiger partial charge >= 0.3 is 17.9 Å². The first-order valence-corrected chi connectivity index (χ1v) is 11.9. The highest BCUT2D eigenvalue weighted by Gasteiger charge is 2.74. The fraction of sp³-hybridized carbons (Fsp3) is 0.630. The van der Waals surface area contributed by atoms with Crippen LogP contribution < -0.4 is 0 Å². The van der Waals surface area contributed by atoms with Crippen LogP contribution in [0.5, 0.6) is 0 Å². The number of carbonyl (C=O) groups is 4. The molecule has 1 amide bonds. The van der Waals surface area contributed by atoms with Crippen LogP contribution in [0.3, 0.4) is 0 Å². The topological polar surface area (TPSA) is 119 Å². The maximum absolute atomic E-state index is 13.9. The first-order chi connectivity index (χ1) is 16.1. The third-order valence-electron chi connectivity index (χ3n) is 5.30. The quantitative estimate of drug-likeness (QED) is 0.367. The molecule has 2 rings (SSSR count). The Morgan fingerprint density at radius 3 is 1.64 bits per heavy atom. The number of amides is 1. The molecule has 0 bridgehead atoms. The van der Waals surface area contributed by atoms with Crippen molar-refractivity contribution in [2.75, 3.05) is 0 Å². The molecule has 0 radical (unpaired) electrons. The molecule has 0 spiro atoms. The Morgan fingerprint density at radius 2 is 1.25 bits per heavy atom. The van der Waals surface area contributed by atoms with E-state index in [1.165, 1.54) is 6.92 Å². The summed E-state index contributed by atoms with van der Waals surface area (Å²) in [6.07, 6.45) is -0.627. The Balaban J connectivity index is 2.91. The standard InChI is InChI=1S/C27H39NO8/c1-23(2,3)34-20(30)19(17-14-12-11-13-15-17)28-18(29)16-26(10,33)27(28,21(31)35-24(4,5)6)22(32)36-25(7,8)9/h11-15,19,33H,16H2,1-10H3. The molecule has 1 saturated heterocycles. The summed E-state index contributed by atoms with van der Waals surface area (Å²) >= 11 is 0. The van der Waals surface area contributed by atoms with Crippen LogP contribution in [-0.2, 0) is 33.4 Å². The highest BCUT2D eigenvalue weighted by Crippen LogP contribution is 2.47. The van der Waals surface area contributed by atoms with Gasteiger partial charge < -0.3 is 19.3 Å². The number of benzene rings is 1. The van der Waals surface area contributed by atoms with Crippen molar-refractivity contribution in [2.24, 2.45) is 0 Å². The normalized spacial score (nSPS) is 21.1. The van der Waals surface area contributed by atoms with Gasteiger partial charge in [-0.1, -0.05) is 30.3 Å². The number of hydrogen-bond donors (Lipinski definition) is 1. The lowest BCUT2D eigenvalue weighted by molar-refractivity contribution is -0.205. The molecule has 0 aromatic heterocycles. The van der Waals surface area contributed by atoms with E-state index < -0.39 is 64.2 Å². The molecule has 1 N–H and O–H groups in total. The van der Waals surface area contributed by atoms with Crippen molar-refractivity contribution in [1.82, 2.24) is 4.90 Å². The number of carbonyl (C=O) groups excluding carboxylic acids is 4. The molecule has 0 aliphatic carbocycles.